The lowest BCUT2D eigenvalue weighted by molar-refractivity contribution is -0.223. The van der Waals surface area contributed by atoms with Crippen molar-refractivity contribution in [3.8, 4) is 0 Å². The maximum atomic E-state index is 9.55. The largest absolute Gasteiger partial charge is 0.393 e. The van der Waals surface area contributed by atoms with E-state index in [0.717, 1.165) is 28.6 Å². The summed E-state index contributed by atoms with van der Waals surface area (Å²) >= 11 is 0. The minimum atomic E-state index is 0.117. The van der Waals surface area contributed by atoms with Gasteiger partial charge in [0.2, 0.25) is 0 Å². The van der Waals surface area contributed by atoms with Gasteiger partial charge in [-0.1, -0.05) is 6.92 Å². The highest BCUT2D eigenvalue weighted by atomic mass is 16.3. The average molecular weight is 136 g/mol. The third kappa shape index (κ3) is 0.168. The number of hydrogen-bond donors (Lipinski definition) is 1. The minimum Gasteiger partial charge on any atom is -0.393 e. The summed E-state index contributed by atoms with van der Waals surface area (Å²) in [5.74, 6) is 2.56. The van der Waals surface area contributed by atoms with Crippen LogP contribution in [-0.2, 0) is 0 Å². The Morgan fingerprint density at radius 3 is 2.60 bits per heavy atom. The lowest BCUT2D eigenvalue weighted by atomic mass is 9.42. The SMILES string of the molecule is CC12CC3C(O)C4CC1C432. The van der Waals surface area contributed by atoms with E-state index < -0.39 is 0 Å². The average Bonchev–Trinajstić information content (AvgIpc) is 2.23. The quantitative estimate of drug-likeness (QED) is 0.527. The molecule has 0 heterocycles. The monoisotopic (exact) mass is 136 g/mol. The second kappa shape index (κ2) is 0.842. The molecule has 1 heteroatoms. The maximum Gasteiger partial charge on any atom is 0.0608 e. The highest BCUT2D eigenvalue weighted by Gasteiger charge is 2.98. The Morgan fingerprint density at radius 2 is 2.20 bits per heavy atom. The molecule has 1 nitrogen and oxygen atoms in total. The number of aliphatic hydroxyl groups is 1. The van der Waals surface area contributed by atoms with Crippen LogP contribution in [0.1, 0.15) is 19.8 Å². The van der Waals surface area contributed by atoms with Crippen molar-refractivity contribution in [3.05, 3.63) is 0 Å². The van der Waals surface area contributed by atoms with Crippen molar-refractivity contribution in [1.29, 1.82) is 0 Å². The first kappa shape index (κ1) is 4.76. The Balaban J connectivity index is 1.89. The molecule has 0 aromatic carbocycles. The van der Waals surface area contributed by atoms with Gasteiger partial charge in [-0.25, -0.2) is 0 Å². The molecule has 4 aliphatic carbocycles. The van der Waals surface area contributed by atoms with Gasteiger partial charge < -0.3 is 5.11 Å². The molecule has 0 radical (unpaired) electrons. The fourth-order valence-corrected chi connectivity index (χ4v) is 5.03. The smallest absolute Gasteiger partial charge is 0.0608 e. The number of aliphatic hydroxyl groups excluding tert-OH is 1. The van der Waals surface area contributed by atoms with Gasteiger partial charge in [0, 0.05) is 0 Å². The van der Waals surface area contributed by atoms with E-state index in [1.165, 1.54) is 12.8 Å². The van der Waals surface area contributed by atoms with Crippen molar-refractivity contribution in [1.82, 2.24) is 0 Å². The first-order valence-corrected chi connectivity index (χ1v) is 4.41. The molecule has 10 heavy (non-hydrogen) atoms. The molecule has 6 unspecified atom stereocenters. The van der Waals surface area contributed by atoms with Crippen molar-refractivity contribution < 1.29 is 5.11 Å². The summed E-state index contributed by atoms with van der Waals surface area (Å²) in [6, 6.07) is 0. The van der Waals surface area contributed by atoms with Crippen LogP contribution >= 0.6 is 0 Å². The van der Waals surface area contributed by atoms with Crippen molar-refractivity contribution in [3.63, 3.8) is 0 Å². The van der Waals surface area contributed by atoms with Gasteiger partial charge in [0.05, 0.1) is 6.10 Å². The number of hydrogen-bond acceptors (Lipinski definition) is 1. The lowest BCUT2D eigenvalue weighted by Gasteiger charge is -2.63. The van der Waals surface area contributed by atoms with Crippen LogP contribution in [0.5, 0.6) is 0 Å². The standard InChI is InChI=1S/C9H12O/c1-8-3-5-7(10)4-2-6(8)9(4,5)8/h4-7,10H,2-3H2,1H3. The summed E-state index contributed by atoms with van der Waals surface area (Å²) in [6.07, 6.45) is 2.82. The minimum absolute atomic E-state index is 0.117. The molecule has 0 aromatic heterocycles. The molecule has 54 valence electrons. The Hall–Kier alpha value is -0.0400. The second-order valence-corrected chi connectivity index (χ2v) is 5.05. The van der Waals surface area contributed by atoms with E-state index in [1.807, 2.05) is 0 Å². The van der Waals surface area contributed by atoms with Gasteiger partial charge in [-0.15, -0.1) is 0 Å². The Bertz CT molecular complexity index is 241. The third-order valence-corrected chi connectivity index (χ3v) is 5.44. The van der Waals surface area contributed by atoms with Gasteiger partial charge in [0.1, 0.15) is 0 Å². The molecule has 4 rings (SSSR count). The van der Waals surface area contributed by atoms with E-state index in [9.17, 15) is 5.11 Å². The van der Waals surface area contributed by atoms with Gasteiger partial charge in [-0.2, -0.15) is 0 Å². The Morgan fingerprint density at radius 1 is 1.40 bits per heavy atom. The normalized spacial score (nSPS) is 87.0. The first-order valence-electron chi connectivity index (χ1n) is 4.41. The lowest BCUT2D eigenvalue weighted by Crippen LogP contribution is -2.64. The third-order valence-electron chi connectivity index (χ3n) is 5.44. The molecule has 4 fully saturated rings. The van der Waals surface area contributed by atoms with Crippen LogP contribution < -0.4 is 0 Å². The van der Waals surface area contributed by atoms with E-state index >= 15 is 0 Å². The second-order valence-electron chi connectivity index (χ2n) is 5.05. The molecule has 6 atom stereocenters. The summed E-state index contributed by atoms with van der Waals surface area (Å²) in [5, 5.41) is 9.55. The predicted octanol–water partition coefficient (Wildman–Crippen LogP) is 1.02. The molecule has 0 bridgehead atoms. The molecule has 0 saturated heterocycles. The van der Waals surface area contributed by atoms with Gasteiger partial charge in [-0.05, 0) is 41.4 Å². The molecule has 0 amide bonds. The summed E-state index contributed by atoms with van der Waals surface area (Å²) in [7, 11) is 0. The maximum absolute atomic E-state index is 9.55. The van der Waals surface area contributed by atoms with Crippen molar-refractivity contribution in [2.24, 2.45) is 28.6 Å². The van der Waals surface area contributed by atoms with E-state index in [1.54, 1.807) is 0 Å². The summed E-state index contributed by atoms with van der Waals surface area (Å²) in [4.78, 5) is 0. The van der Waals surface area contributed by atoms with Crippen LogP contribution in [0, 0.1) is 28.6 Å². The molecule has 1 spiro atoms. The highest BCUT2D eigenvalue weighted by molar-refractivity contribution is 5.45. The van der Waals surface area contributed by atoms with Gasteiger partial charge in [0.15, 0.2) is 0 Å². The van der Waals surface area contributed by atoms with E-state index in [2.05, 4.69) is 6.92 Å². The summed E-state index contributed by atoms with van der Waals surface area (Å²) in [6.45, 7) is 2.43. The van der Waals surface area contributed by atoms with Crippen LogP contribution in [0.15, 0.2) is 0 Å². The van der Waals surface area contributed by atoms with Crippen molar-refractivity contribution >= 4 is 0 Å². The van der Waals surface area contributed by atoms with E-state index in [0.29, 0.717) is 0 Å². The van der Waals surface area contributed by atoms with Crippen molar-refractivity contribution in [2.45, 2.75) is 25.9 Å². The van der Waals surface area contributed by atoms with Crippen LogP contribution in [0.25, 0.3) is 0 Å². The van der Waals surface area contributed by atoms with E-state index in [4.69, 9.17) is 0 Å². The molecule has 1 N–H and O–H groups in total. The van der Waals surface area contributed by atoms with Crippen LogP contribution in [0.3, 0.4) is 0 Å². The highest BCUT2D eigenvalue weighted by Crippen LogP contribution is 3.00. The van der Waals surface area contributed by atoms with Crippen LogP contribution in [0.4, 0.5) is 0 Å². The van der Waals surface area contributed by atoms with Gasteiger partial charge >= 0.3 is 0 Å². The van der Waals surface area contributed by atoms with E-state index in [-0.39, 0.29) is 6.10 Å². The number of fused-ring (bicyclic) bond motifs is 1. The zero-order valence-corrected chi connectivity index (χ0v) is 6.17. The molecule has 0 aliphatic heterocycles. The zero-order chi connectivity index (χ0) is 6.72. The van der Waals surface area contributed by atoms with Crippen LogP contribution in [0.2, 0.25) is 0 Å². The topological polar surface area (TPSA) is 20.2 Å². The molecular weight excluding hydrogens is 124 g/mol. The first-order chi connectivity index (χ1) is 4.73. The molecule has 4 saturated carbocycles. The van der Waals surface area contributed by atoms with Crippen molar-refractivity contribution in [2.75, 3.05) is 0 Å². The number of rotatable bonds is 0. The summed E-state index contributed by atoms with van der Waals surface area (Å²) < 4.78 is 0. The predicted molar refractivity (Wildman–Crippen MR) is 36.3 cm³/mol. The zero-order valence-electron chi connectivity index (χ0n) is 6.17. The van der Waals surface area contributed by atoms with Gasteiger partial charge in [-0.3, -0.25) is 0 Å². The molecule has 0 aromatic rings. The fraction of sp³-hybridized carbons (Fsp3) is 1.00. The Labute approximate surface area is 60.4 Å². The molecule has 4 aliphatic rings. The summed E-state index contributed by atoms with van der Waals surface area (Å²) in [5.41, 5.74) is 1.48. The van der Waals surface area contributed by atoms with Crippen LogP contribution in [-0.4, -0.2) is 11.2 Å². The Kier molecular flexibility index (Phi) is 0.401. The fourth-order valence-electron chi connectivity index (χ4n) is 5.03. The van der Waals surface area contributed by atoms with Gasteiger partial charge in [0.25, 0.3) is 0 Å². The molecular formula is C9H12O.